The van der Waals surface area contributed by atoms with Crippen LogP contribution < -0.4 is 4.90 Å². The molecule has 0 saturated heterocycles. The van der Waals surface area contributed by atoms with Crippen LogP contribution in [0.15, 0.2) is 47.4 Å². The quantitative estimate of drug-likeness (QED) is 0.393. The van der Waals surface area contributed by atoms with Crippen molar-refractivity contribution in [3.05, 3.63) is 53.1 Å². The third-order valence-corrected chi connectivity index (χ3v) is 6.60. The summed E-state index contributed by atoms with van der Waals surface area (Å²) in [6.07, 6.45) is 0.902. The molecular formula is C21H25Cl2N3OS2. The molecule has 1 aromatic heterocycles. The molecular weight excluding hydrogens is 445 g/mol. The van der Waals surface area contributed by atoms with Crippen molar-refractivity contribution in [2.24, 2.45) is 0 Å². The summed E-state index contributed by atoms with van der Waals surface area (Å²) in [5.74, 6) is 0.453. The number of carbonyl (C=O) groups is 1. The molecule has 0 aliphatic carbocycles. The van der Waals surface area contributed by atoms with Gasteiger partial charge >= 0.3 is 0 Å². The van der Waals surface area contributed by atoms with Crippen molar-refractivity contribution in [2.75, 3.05) is 37.8 Å². The van der Waals surface area contributed by atoms with Gasteiger partial charge in [0.15, 0.2) is 5.13 Å². The average molecular weight is 470 g/mol. The number of anilines is 1. The number of carbonyl (C=O) groups excluding carboxylic acids is 1. The molecule has 8 heteroatoms. The predicted molar refractivity (Wildman–Crippen MR) is 129 cm³/mol. The van der Waals surface area contributed by atoms with Crippen molar-refractivity contribution in [1.82, 2.24) is 9.88 Å². The zero-order valence-corrected chi connectivity index (χ0v) is 19.9. The molecule has 1 heterocycles. The van der Waals surface area contributed by atoms with Gasteiger partial charge in [0.1, 0.15) is 0 Å². The third kappa shape index (κ3) is 6.59. The Morgan fingerprint density at radius 2 is 1.86 bits per heavy atom. The molecule has 2 aromatic carbocycles. The number of thioether (sulfide) groups is 1. The van der Waals surface area contributed by atoms with Crippen LogP contribution in [-0.4, -0.2) is 48.7 Å². The van der Waals surface area contributed by atoms with Crippen molar-refractivity contribution >= 4 is 68.4 Å². The van der Waals surface area contributed by atoms with Crippen molar-refractivity contribution in [3.8, 4) is 0 Å². The molecule has 0 bridgehead atoms. The number of thiazole rings is 1. The lowest BCUT2D eigenvalue weighted by Gasteiger charge is -2.21. The summed E-state index contributed by atoms with van der Waals surface area (Å²) in [5, 5.41) is 1.48. The van der Waals surface area contributed by atoms with Gasteiger partial charge in [-0.05, 0) is 69.9 Å². The number of aryl methyl sites for hydroxylation is 1. The van der Waals surface area contributed by atoms with E-state index in [2.05, 4.69) is 24.0 Å². The van der Waals surface area contributed by atoms with Crippen LogP contribution >= 0.6 is 47.1 Å². The fraction of sp³-hybridized carbons (Fsp3) is 0.333. The molecule has 0 radical (unpaired) electrons. The zero-order chi connectivity index (χ0) is 20.1. The molecule has 0 aliphatic heterocycles. The van der Waals surface area contributed by atoms with E-state index in [1.165, 1.54) is 11.8 Å². The smallest absolute Gasteiger partial charge is 0.239 e. The molecule has 0 atom stereocenters. The Hall–Kier alpha value is -1.31. The lowest BCUT2D eigenvalue weighted by molar-refractivity contribution is -0.116. The van der Waals surface area contributed by atoms with Gasteiger partial charge in [-0.15, -0.1) is 24.2 Å². The number of aromatic nitrogens is 1. The Labute approximate surface area is 191 Å². The van der Waals surface area contributed by atoms with E-state index < -0.39 is 0 Å². The van der Waals surface area contributed by atoms with Crippen LogP contribution in [0.25, 0.3) is 10.2 Å². The second-order valence-corrected chi connectivity index (χ2v) is 9.36. The second-order valence-electron chi connectivity index (χ2n) is 6.86. The van der Waals surface area contributed by atoms with Gasteiger partial charge in [-0.1, -0.05) is 35.1 Å². The maximum Gasteiger partial charge on any atom is 0.239 e. The first-order valence-electron chi connectivity index (χ1n) is 9.13. The molecule has 3 rings (SSSR count). The van der Waals surface area contributed by atoms with Gasteiger partial charge in [0.25, 0.3) is 0 Å². The first-order chi connectivity index (χ1) is 13.4. The van der Waals surface area contributed by atoms with E-state index in [1.807, 2.05) is 49.3 Å². The number of nitrogens with zero attached hydrogens (tertiary/aromatic N) is 3. The molecule has 3 aromatic rings. The molecule has 4 nitrogen and oxygen atoms in total. The minimum absolute atomic E-state index is 0. The Morgan fingerprint density at radius 1 is 1.14 bits per heavy atom. The normalized spacial score (nSPS) is 10.9. The number of hydrogen-bond donors (Lipinski definition) is 0. The van der Waals surface area contributed by atoms with E-state index in [0.29, 0.717) is 17.3 Å². The highest BCUT2D eigenvalue weighted by atomic mass is 35.5. The first kappa shape index (κ1) is 24.0. The molecule has 0 N–H and O–H groups in total. The molecule has 0 aliphatic rings. The fourth-order valence-corrected chi connectivity index (χ4v) is 4.80. The Balaban J connectivity index is 0.00000300. The summed E-state index contributed by atoms with van der Waals surface area (Å²) in [4.78, 5) is 22.8. The SMILES string of the molecule is Cc1cccc2sc(N(CCCN(C)C)C(=O)CSc3ccc(Cl)cc3)nc12.Cl. The summed E-state index contributed by atoms with van der Waals surface area (Å²) >= 11 is 9.05. The topological polar surface area (TPSA) is 36.4 Å². The van der Waals surface area contributed by atoms with Gasteiger partial charge in [-0.2, -0.15) is 0 Å². The predicted octanol–water partition coefficient (Wildman–Crippen LogP) is 5.76. The highest BCUT2D eigenvalue weighted by Gasteiger charge is 2.20. The van der Waals surface area contributed by atoms with Crippen LogP contribution in [0.5, 0.6) is 0 Å². The Bertz CT molecular complexity index is 945. The van der Waals surface area contributed by atoms with Crippen LogP contribution in [0.2, 0.25) is 5.02 Å². The minimum atomic E-state index is 0. The third-order valence-electron chi connectivity index (χ3n) is 4.30. The van der Waals surface area contributed by atoms with Gasteiger partial charge in [0.05, 0.1) is 16.0 Å². The monoisotopic (exact) mass is 469 g/mol. The van der Waals surface area contributed by atoms with E-state index in [-0.39, 0.29) is 18.3 Å². The van der Waals surface area contributed by atoms with Crippen LogP contribution in [0.3, 0.4) is 0 Å². The van der Waals surface area contributed by atoms with Crippen molar-refractivity contribution in [2.45, 2.75) is 18.2 Å². The molecule has 156 valence electrons. The van der Waals surface area contributed by atoms with Crippen LogP contribution in [-0.2, 0) is 4.79 Å². The molecule has 0 saturated carbocycles. The average Bonchev–Trinajstić information content (AvgIpc) is 3.09. The maximum absolute atomic E-state index is 13.1. The molecule has 0 fully saturated rings. The van der Waals surface area contributed by atoms with Crippen LogP contribution in [0.4, 0.5) is 5.13 Å². The number of rotatable bonds is 8. The summed E-state index contributed by atoms with van der Waals surface area (Å²) in [6, 6.07) is 13.7. The van der Waals surface area contributed by atoms with Gasteiger partial charge < -0.3 is 4.90 Å². The van der Waals surface area contributed by atoms with E-state index in [9.17, 15) is 4.79 Å². The summed E-state index contributed by atoms with van der Waals surface area (Å²) < 4.78 is 1.12. The minimum Gasteiger partial charge on any atom is -0.309 e. The summed E-state index contributed by atoms with van der Waals surface area (Å²) in [5.41, 5.74) is 2.12. The fourth-order valence-electron chi connectivity index (χ4n) is 2.82. The highest BCUT2D eigenvalue weighted by molar-refractivity contribution is 8.00. The molecule has 0 spiro atoms. The number of para-hydroxylation sites is 1. The Kier molecular flexibility index (Phi) is 9.24. The van der Waals surface area contributed by atoms with Crippen molar-refractivity contribution in [1.29, 1.82) is 0 Å². The molecule has 1 amide bonds. The van der Waals surface area contributed by atoms with Gasteiger partial charge in [-0.3, -0.25) is 9.69 Å². The standard InChI is InChI=1S/C21H24ClN3OS2.ClH/c1-15-6-4-7-18-20(15)23-21(28-18)25(13-5-12-24(2)3)19(26)14-27-17-10-8-16(22)9-11-17;/h4,6-11H,5,12-14H2,1-3H3;1H. The Morgan fingerprint density at radius 3 is 2.52 bits per heavy atom. The van der Waals surface area contributed by atoms with Crippen LogP contribution in [0, 0.1) is 6.92 Å². The lowest BCUT2D eigenvalue weighted by Crippen LogP contribution is -2.34. The summed E-state index contributed by atoms with van der Waals surface area (Å²) in [6.45, 7) is 3.65. The number of amides is 1. The summed E-state index contributed by atoms with van der Waals surface area (Å²) in [7, 11) is 4.09. The van der Waals surface area contributed by atoms with E-state index in [4.69, 9.17) is 16.6 Å². The van der Waals surface area contributed by atoms with E-state index >= 15 is 0 Å². The lowest BCUT2D eigenvalue weighted by atomic mass is 10.2. The van der Waals surface area contributed by atoms with E-state index in [1.54, 1.807) is 11.3 Å². The largest absolute Gasteiger partial charge is 0.309 e. The number of benzene rings is 2. The van der Waals surface area contributed by atoms with Crippen molar-refractivity contribution < 1.29 is 4.79 Å². The molecule has 0 unspecified atom stereocenters. The van der Waals surface area contributed by atoms with Gasteiger partial charge in [-0.25, -0.2) is 4.98 Å². The van der Waals surface area contributed by atoms with Gasteiger partial charge in [0.2, 0.25) is 5.91 Å². The number of halogens is 2. The first-order valence-corrected chi connectivity index (χ1v) is 11.3. The number of fused-ring (bicyclic) bond motifs is 1. The van der Waals surface area contributed by atoms with Gasteiger partial charge in [0, 0.05) is 16.5 Å². The second kappa shape index (κ2) is 11.2. The highest BCUT2D eigenvalue weighted by Crippen LogP contribution is 2.31. The number of hydrogen-bond acceptors (Lipinski definition) is 5. The maximum atomic E-state index is 13.1. The molecule has 29 heavy (non-hydrogen) atoms. The van der Waals surface area contributed by atoms with E-state index in [0.717, 1.165) is 38.8 Å². The van der Waals surface area contributed by atoms with Crippen molar-refractivity contribution in [3.63, 3.8) is 0 Å². The van der Waals surface area contributed by atoms with Crippen LogP contribution in [0.1, 0.15) is 12.0 Å². The zero-order valence-electron chi connectivity index (χ0n) is 16.7.